The first-order chi connectivity index (χ1) is 26.0. The van der Waals surface area contributed by atoms with Gasteiger partial charge in [0.2, 0.25) is 23.6 Å². The first-order valence-corrected chi connectivity index (χ1v) is 16.6. The minimum absolute atomic E-state index is 0.218. The lowest BCUT2D eigenvalue weighted by Crippen LogP contribution is -2.07. The van der Waals surface area contributed by atoms with Crippen molar-refractivity contribution in [2.45, 2.75) is 27.7 Å². The Hall–Kier alpha value is -7.48. The van der Waals surface area contributed by atoms with Gasteiger partial charge >= 0.3 is 0 Å². The zero-order valence-electron chi connectivity index (χ0n) is 29.9. The summed E-state index contributed by atoms with van der Waals surface area (Å²) in [6.07, 6.45) is 21.2. The average Bonchev–Trinajstić information content (AvgIpc) is 3.13. The van der Waals surface area contributed by atoms with Crippen molar-refractivity contribution in [2.24, 2.45) is 0 Å². The van der Waals surface area contributed by atoms with Gasteiger partial charge in [-0.05, 0) is 95.1 Å². The van der Waals surface area contributed by atoms with Crippen LogP contribution in [-0.4, -0.2) is 53.5 Å². The molecule has 0 bridgehead atoms. The van der Waals surface area contributed by atoms with Gasteiger partial charge in [-0.3, -0.25) is 19.2 Å². The highest BCUT2D eigenvalue weighted by Crippen LogP contribution is 2.21. The summed E-state index contributed by atoms with van der Waals surface area (Å²) < 4.78 is 0. The number of rotatable bonds is 12. The van der Waals surface area contributed by atoms with Crippen LogP contribution in [0.25, 0.3) is 48.6 Å². The Bertz CT molecular complexity index is 1940. The highest BCUT2D eigenvalue weighted by molar-refractivity contribution is 5.90. The van der Waals surface area contributed by atoms with Gasteiger partial charge in [0.1, 0.15) is 23.3 Å². The van der Waals surface area contributed by atoms with Crippen LogP contribution >= 0.6 is 0 Å². The van der Waals surface area contributed by atoms with E-state index in [2.05, 4.69) is 41.2 Å². The Labute approximate surface area is 311 Å². The van der Waals surface area contributed by atoms with E-state index in [-0.39, 0.29) is 23.6 Å². The van der Waals surface area contributed by atoms with Crippen LogP contribution in [0.1, 0.15) is 72.7 Å². The summed E-state index contributed by atoms with van der Waals surface area (Å²) in [7, 11) is 0. The number of hydrogen-bond donors (Lipinski definition) is 4. The average molecular weight is 721 g/mol. The number of anilines is 4. The molecule has 0 saturated heterocycles. The van der Waals surface area contributed by atoms with E-state index in [0.29, 0.717) is 46.0 Å². The standard InChI is InChI=1S/C40H36N10O4/c1-25(51)45-37-17-9-29(21-41-37)5-13-33-34(14-6-30-10-18-38(42-22-30)46-26(2)52)50-36(16-8-32-12-20-40(44-24-32)48-28(4)54)35(49-33)15-7-31-11-19-39(43-23-31)47-27(3)53/h5-24H,1-4H3,(H,41,45,51)(H,42,46,52)(H,43,47,53)(H,44,48,54)/b13-5+,14-6+,15-7+,16-8+. The van der Waals surface area contributed by atoms with Crippen molar-refractivity contribution in [2.75, 3.05) is 21.3 Å². The first kappa shape index (κ1) is 37.8. The molecule has 0 aliphatic heterocycles. The maximum absolute atomic E-state index is 11.4. The predicted octanol–water partition coefficient (Wildman–Crippen LogP) is 6.57. The van der Waals surface area contributed by atoms with Crippen LogP contribution in [0.15, 0.2) is 73.3 Å². The third-order valence-corrected chi connectivity index (χ3v) is 7.10. The van der Waals surface area contributed by atoms with Gasteiger partial charge in [0.05, 0.1) is 22.8 Å². The van der Waals surface area contributed by atoms with Crippen molar-refractivity contribution in [3.63, 3.8) is 0 Å². The molecule has 5 aromatic heterocycles. The van der Waals surface area contributed by atoms with E-state index in [9.17, 15) is 19.2 Å². The van der Waals surface area contributed by atoms with Crippen LogP contribution in [0.3, 0.4) is 0 Å². The van der Waals surface area contributed by atoms with Gasteiger partial charge in [0.15, 0.2) is 0 Å². The molecule has 14 nitrogen and oxygen atoms in total. The molecule has 0 aromatic carbocycles. The zero-order valence-corrected chi connectivity index (χ0v) is 29.9. The number of nitrogens with one attached hydrogen (secondary N) is 4. The normalized spacial score (nSPS) is 11.3. The Kier molecular flexibility index (Phi) is 12.7. The molecule has 0 spiro atoms. The maximum Gasteiger partial charge on any atom is 0.222 e. The van der Waals surface area contributed by atoms with Gasteiger partial charge in [0, 0.05) is 52.5 Å². The molecule has 0 unspecified atom stereocenters. The van der Waals surface area contributed by atoms with E-state index in [1.165, 1.54) is 27.7 Å². The molecule has 5 aromatic rings. The van der Waals surface area contributed by atoms with Gasteiger partial charge in [-0.15, -0.1) is 0 Å². The van der Waals surface area contributed by atoms with Gasteiger partial charge in [-0.1, -0.05) is 24.3 Å². The monoisotopic (exact) mass is 720 g/mol. The molecular weight excluding hydrogens is 685 g/mol. The van der Waals surface area contributed by atoms with Crippen molar-refractivity contribution in [3.05, 3.63) is 118 Å². The van der Waals surface area contributed by atoms with Gasteiger partial charge in [-0.2, -0.15) is 0 Å². The number of amides is 4. The van der Waals surface area contributed by atoms with Gasteiger partial charge < -0.3 is 21.3 Å². The van der Waals surface area contributed by atoms with Crippen molar-refractivity contribution in [3.8, 4) is 0 Å². The van der Waals surface area contributed by atoms with Crippen LogP contribution in [0, 0.1) is 0 Å². The smallest absolute Gasteiger partial charge is 0.222 e. The Morgan fingerprint density at radius 3 is 0.759 bits per heavy atom. The maximum atomic E-state index is 11.4. The highest BCUT2D eigenvalue weighted by Gasteiger charge is 2.09. The van der Waals surface area contributed by atoms with E-state index < -0.39 is 0 Å². The van der Waals surface area contributed by atoms with Gasteiger partial charge in [-0.25, -0.2) is 29.9 Å². The van der Waals surface area contributed by atoms with Crippen LogP contribution in [-0.2, 0) is 19.2 Å². The van der Waals surface area contributed by atoms with Crippen molar-refractivity contribution in [1.82, 2.24) is 29.9 Å². The summed E-state index contributed by atoms with van der Waals surface area (Å²) >= 11 is 0. The molecule has 5 rings (SSSR count). The lowest BCUT2D eigenvalue weighted by Gasteiger charge is -2.08. The minimum atomic E-state index is -0.218. The molecule has 0 aliphatic rings. The molecule has 0 fully saturated rings. The Morgan fingerprint density at radius 2 is 0.593 bits per heavy atom. The fraction of sp³-hybridized carbons (Fsp3) is 0.100. The third-order valence-electron chi connectivity index (χ3n) is 7.10. The number of aromatic nitrogens is 6. The number of carbonyl (C=O) groups excluding carboxylic acids is 4. The Balaban J connectivity index is 1.57. The lowest BCUT2D eigenvalue weighted by atomic mass is 10.1. The van der Waals surface area contributed by atoms with Crippen LogP contribution in [0.2, 0.25) is 0 Å². The molecule has 0 aliphatic carbocycles. The number of hydrogen-bond acceptors (Lipinski definition) is 10. The van der Waals surface area contributed by atoms with Crippen LogP contribution in [0.4, 0.5) is 23.3 Å². The fourth-order valence-corrected chi connectivity index (χ4v) is 4.71. The molecule has 270 valence electrons. The van der Waals surface area contributed by atoms with Gasteiger partial charge in [0.25, 0.3) is 0 Å². The molecule has 4 N–H and O–H groups in total. The van der Waals surface area contributed by atoms with Crippen molar-refractivity contribution >= 4 is 95.5 Å². The van der Waals surface area contributed by atoms with Crippen molar-refractivity contribution < 1.29 is 19.2 Å². The molecule has 14 heteroatoms. The summed E-state index contributed by atoms with van der Waals surface area (Å²) in [4.78, 5) is 73.0. The molecule has 54 heavy (non-hydrogen) atoms. The van der Waals surface area contributed by atoms with E-state index in [0.717, 1.165) is 22.3 Å². The predicted molar refractivity (Wildman–Crippen MR) is 212 cm³/mol. The summed E-state index contributed by atoms with van der Waals surface area (Å²) in [5.74, 6) is 0.867. The largest absolute Gasteiger partial charge is 0.311 e. The second kappa shape index (κ2) is 18.1. The van der Waals surface area contributed by atoms with E-state index in [1.54, 1.807) is 49.1 Å². The molecular formula is C40H36N10O4. The third kappa shape index (κ3) is 11.8. The molecule has 0 atom stereocenters. The summed E-state index contributed by atoms with van der Waals surface area (Å²) in [5, 5.41) is 10.6. The molecule has 4 amide bonds. The fourth-order valence-electron chi connectivity index (χ4n) is 4.71. The summed E-state index contributed by atoms with van der Waals surface area (Å²) in [6.45, 7) is 5.67. The molecule has 0 saturated carbocycles. The van der Waals surface area contributed by atoms with Crippen LogP contribution in [0.5, 0.6) is 0 Å². The van der Waals surface area contributed by atoms with E-state index >= 15 is 0 Å². The summed E-state index contributed by atoms with van der Waals surface area (Å²) in [5.41, 5.74) is 5.21. The summed E-state index contributed by atoms with van der Waals surface area (Å²) in [6, 6.07) is 14.1. The molecule has 5 heterocycles. The highest BCUT2D eigenvalue weighted by atomic mass is 16.2. The zero-order chi connectivity index (χ0) is 38.5. The number of pyridine rings is 4. The molecule has 0 radical (unpaired) electrons. The quantitative estimate of drug-likeness (QED) is 0.109. The van der Waals surface area contributed by atoms with Crippen LogP contribution < -0.4 is 21.3 Å². The minimum Gasteiger partial charge on any atom is -0.311 e. The second-order valence-electron chi connectivity index (χ2n) is 11.7. The lowest BCUT2D eigenvalue weighted by molar-refractivity contribution is -0.115. The second-order valence-corrected chi connectivity index (χ2v) is 11.7. The number of carbonyl (C=O) groups is 4. The number of nitrogens with zero attached hydrogens (tertiary/aromatic N) is 6. The van der Waals surface area contributed by atoms with E-state index in [4.69, 9.17) is 9.97 Å². The first-order valence-electron chi connectivity index (χ1n) is 16.6. The Morgan fingerprint density at radius 1 is 0.370 bits per heavy atom. The van der Waals surface area contributed by atoms with E-state index in [1.807, 2.05) is 72.9 Å². The SMILES string of the molecule is CC(=O)Nc1ccc(/C=C/c2nc(/C=C/c3ccc(NC(C)=O)nc3)c(/C=C/c3ccc(NC(C)=O)nc3)nc2/C=C/c2ccc(NC(C)=O)nc2)cn1. The van der Waals surface area contributed by atoms with Crippen molar-refractivity contribution in [1.29, 1.82) is 0 Å². The topological polar surface area (TPSA) is 194 Å².